The molecule has 1 rings (SSSR count). The Morgan fingerprint density at radius 2 is 2.27 bits per heavy atom. The molecule has 1 heterocycles. The van der Waals surface area contributed by atoms with Crippen LogP contribution in [0.3, 0.4) is 0 Å². The van der Waals surface area contributed by atoms with Gasteiger partial charge in [0.2, 0.25) is 0 Å². The predicted molar refractivity (Wildman–Crippen MR) is 55.9 cm³/mol. The van der Waals surface area contributed by atoms with Crippen LogP contribution in [0.5, 0.6) is 0 Å². The highest BCUT2D eigenvalue weighted by Crippen LogP contribution is 2.16. The van der Waals surface area contributed by atoms with Crippen molar-refractivity contribution in [2.75, 3.05) is 18.1 Å². The van der Waals surface area contributed by atoms with Crippen molar-refractivity contribution in [1.82, 2.24) is 10.6 Å². The van der Waals surface area contributed by atoms with Gasteiger partial charge in [-0.2, -0.15) is 11.8 Å². The van der Waals surface area contributed by atoms with Crippen LogP contribution in [0.2, 0.25) is 0 Å². The number of amides is 2. The van der Waals surface area contributed by atoms with E-state index in [4.69, 9.17) is 10.2 Å². The normalized spacial score (nSPS) is 22.1. The number of carbonyl (C=O) groups excluding carboxylic acids is 1. The molecule has 1 saturated heterocycles. The highest BCUT2D eigenvalue weighted by atomic mass is 32.2. The molecule has 15 heavy (non-hydrogen) atoms. The smallest absolute Gasteiger partial charge is 0.328 e. The van der Waals surface area contributed by atoms with Gasteiger partial charge < -0.3 is 20.8 Å². The molecule has 0 spiro atoms. The average Bonchev–Trinajstić information content (AvgIpc) is 2.66. The molecule has 2 atom stereocenters. The number of hydrogen-bond acceptors (Lipinski definition) is 4. The lowest BCUT2D eigenvalue weighted by Crippen LogP contribution is -2.50. The topological polar surface area (TPSA) is 98.7 Å². The Kier molecular flexibility index (Phi) is 4.70. The van der Waals surface area contributed by atoms with E-state index in [0.29, 0.717) is 0 Å². The van der Waals surface area contributed by atoms with Crippen LogP contribution in [0.1, 0.15) is 6.42 Å². The van der Waals surface area contributed by atoms with Gasteiger partial charge >= 0.3 is 12.0 Å². The highest BCUT2D eigenvalue weighted by Gasteiger charge is 2.22. The van der Waals surface area contributed by atoms with Gasteiger partial charge in [-0.3, -0.25) is 0 Å². The Morgan fingerprint density at radius 1 is 1.53 bits per heavy atom. The van der Waals surface area contributed by atoms with Gasteiger partial charge in [0.15, 0.2) is 6.04 Å². The summed E-state index contributed by atoms with van der Waals surface area (Å²) >= 11 is 1.75. The molecular formula is C8H14N2O4S. The minimum Gasteiger partial charge on any atom is -0.480 e. The third-order valence-corrected chi connectivity index (χ3v) is 3.21. The average molecular weight is 234 g/mol. The second kappa shape index (κ2) is 5.82. The molecular weight excluding hydrogens is 220 g/mol. The molecule has 1 aliphatic rings. The molecule has 0 aromatic heterocycles. The van der Waals surface area contributed by atoms with E-state index in [1.807, 2.05) is 0 Å². The second-order valence-electron chi connectivity index (χ2n) is 3.25. The number of nitrogens with one attached hydrogen (secondary N) is 2. The number of aliphatic carboxylic acids is 1. The van der Waals surface area contributed by atoms with Gasteiger partial charge in [-0.1, -0.05) is 0 Å². The number of carbonyl (C=O) groups is 2. The van der Waals surface area contributed by atoms with Crippen LogP contribution in [0.25, 0.3) is 0 Å². The summed E-state index contributed by atoms with van der Waals surface area (Å²) < 4.78 is 0. The van der Waals surface area contributed by atoms with E-state index in [1.165, 1.54) is 0 Å². The third kappa shape index (κ3) is 3.96. The monoisotopic (exact) mass is 234 g/mol. The summed E-state index contributed by atoms with van der Waals surface area (Å²) in [5.74, 6) is 0.617. The molecule has 0 aliphatic carbocycles. The molecule has 1 fully saturated rings. The lowest BCUT2D eigenvalue weighted by molar-refractivity contribution is -0.140. The van der Waals surface area contributed by atoms with Crippen LogP contribution in [0.15, 0.2) is 0 Å². The first-order chi connectivity index (χ1) is 7.13. The van der Waals surface area contributed by atoms with E-state index < -0.39 is 24.6 Å². The van der Waals surface area contributed by atoms with Crippen LogP contribution in [0, 0.1) is 0 Å². The number of hydrogen-bond donors (Lipinski definition) is 4. The molecule has 0 radical (unpaired) electrons. The summed E-state index contributed by atoms with van der Waals surface area (Å²) in [6.07, 6.45) is 0.898. The quantitative estimate of drug-likeness (QED) is 0.512. The molecule has 4 N–H and O–H groups in total. The maximum absolute atomic E-state index is 11.3. The van der Waals surface area contributed by atoms with E-state index in [0.717, 1.165) is 17.9 Å². The molecule has 6 nitrogen and oxygen atoms in total. The number of thioether (sulfide) groups is 1. The second-order valence-corrected chi connectivity index (χ2v) is 4.40. The Labute approximate surface area is 91.4 Å². The zero-order valence-electron chi connectivity index (χ0n) is 8.10. The highest BCUT2D eigenvalue weighted by molar-refractivity contribution is 7.99. The van der Waals surface area contributed by atoms with Gasteiger partial charge in [0.25, 0.3) is 0 Å². The van der Waals surface area contributed by atoms with Crippen LogP contribution < -0.4 is 10.6 Å². The molecule has 7 heteroatoms. The van der Waals surface area contributed by atoms with Gasteiger partial charge in [0.1, 0.15) is 0 Å². The van der Waals surface area contributed by atoms with Crippen molar-refractivity contribution in [3.8, 4) is 0 Å². The number of carboxylic acids is 1. The van der Waals surface area contributed by atoms with Gasteiger partial charge in [0, 0.05) is 11.8 Å². The largest absolute Gasteiger partial charge is 0.480 e. The lowest BCUT2D eigenvalue weighted by Gasteiger charge is -2.15. The van der Waals surface area contributed by atoms with Crippen molar-refractivity contribution in [1.29, 1.82) is 0 Å². The number of rotatable bonds is 4. The van der Waals surface area contributed by atoms with Crippen molar-refractivity contribution in [2.24, 2.45) is 0 Å². The molecule has 0 aromatic rings. The van der Waals surface area contributed by atoms with Gasteiger partial charge in [-0.15, -0.1) is 0 Å². The van der Waals surface area contributed by atoms with Crippen LogP contribution in [-0.2, 0) is 4.79 Å². The number of aliphatic hydroxyl groups excluding tert-OH is 1. The molecule has 1 aliphatic heterocycles. The van der Waals surface area contributed by atoms with Crippen molar-refractivity contribution in [3.05, 3.63) is 0 Å². The fourth-order valence-electron chi connectivity index (χ4n) is 1.22. The number of aliphatic hydroxyl groups is 1. The number of carboxylic acid groups (broad SMARTS) is 1. The first kappa shape index (κ1) is 12.1. The lowest BCUT2D eigenvalue weighted by atomic mass is 10.3. The Balaban J connectivity index is 2.30. The Morgan fingerprint density at radius 3 is 2.73 bits per heavy atom. The van der Waals surface area contributed by atoms with Crippen molar-refractivity contribution in [3.63, 3.8) is 0 Å². The van der Waals surface area contributed by atoms with Crippen LogP contribution in [0.4, 0.5) is 4.79 Å². The summed E-state index contributed by atoms with van der Waals surface area (Å²) in [5.41, 5.74) is 0. The maximum Gasteiger partial charge on any atom is 0.328 e. The van der Waals surface area contributed by atoms with Gasteiger partial charge in [-0.05, 0) is 12.2 Å². The minimum atomic E-state index is -1.24. The molecule has 0 saturated carbocycles. The molecule has 1 unspecified atom stereocenters. The van der Waals surface area contributed by atoms with E-state index in [-0.39, 0.29) is 6.04 Å². The van der Waals surface area contributed by atoms with Gasteiger partial charge in [-0.25, -0.2) is 9.59 Å². The predicted octanol–water partition coefficient (Wildman–Crippen LogP) is -0.763. The van der Waals surface area contributed by atoms with Crippen molar-refractivity contribution < 1.29 is 19.8 Å². The summed E-state index contributed by atoms with van der Waals surface area (Å²) in [4.78, 5) is 21.8. The van der Waals surface area contributed by atoms with Crippen molar-refractivity contribution >= 4 is 23.8 Å². The minimum absolute atomic E-state index is 0.100. The third-order valence-electron chi connectivity index (χ3n) is 2.05. The molecule has 0 bridgehead atoms. The van der Waals surface area contributed by atoms with E-state index in [9.17, 15) is 9.59 Å². The fourth-order valence-corrected chi connectivity index (χ4v) is 2.37. The summed E-state index contributed by atoms with van der Waals surface area (Å²) in [6, 6.07) is -1.67. The standard InChI is InChI=1S/C8H14N2O4S/c11-3-6(7(12)13)10-8(14)9-5-1-2-15-4-5/h5-6,11H,1-4H2,(H,12,13)(H2,9,10,14)/t5?,6-/m0/s1. The zero-order valence-corrected chi connectivity index (χ0v) is 8.92. The number of urea groups is 1. The van der Waals surface area contributed by atoms with Crippen LogP contribution >= 0.6 is 11.8 Å². The van der Waals surface area contributed by atoms with Crippen LogP contribution in [-0.4, -0.2) is 52.4 Å². The summed E-state index contributed by atoms with van der Waals surface area (Å²) in [6.45, 7) is -0.609. The van der Waals surface area contributed by atoms with E-state index in [1.54, 1.807) is 11.8 Å². The fraction of sp³-hybridized carbons (Fsp3) is 0.750. The van der Waals surface area contributed by atoms with E-state index >= 15 is 0 Å². The molecule has 2 amide bonds. The SMILES string of the molecule is O=C(NC1CCSC1)N[C@@H](CO)C(=O)O. The Hall–Kier alpha value is -0.950. The Bertz CT molecular complexity index is 243. The molecule has 0 aromatic carbocycles. The van der Waals surface area contributed by atoms with E-state index in [2.05, 4.69) is 10.6 Å². The van der Waals surface area contributed by atoms with Gasteiger partial charge in [0.05, 0.1) is 6.61 Å². The summed E-state index contributed by atoms with van der Waals surface area (Å²) in [7, 11) is 0. The van der Waals surface area contributed by atoms with Crippen molar-refractivity contribution in [2.45, 2.75) is 18.5 Å². The zero-order chi connectivity index (χ0) is 11.3. The summed E-state index contributed by atoms with van der Waals surface area (Å²) in [5, 5.41) is 22.1. The first-order valence-electron chi connectivity index (χ1n) is 4.62. The molecule has 86 valence electrons. The first-order valence-corrected chi connectivity index (χ1v) is 5.77. The maximum atomic E-state index is 11.3.